The third-order valence-electron chi connectivity index (χ3n) is 4.65. The zero-order valence-corrected chi connectivity index (χ0v) is 15.0. The average molecular weight is 364 g/mol. The average Bonchev–Trinajstić information content (AvgIpc) is 3.22. The van der Waals surface area contributed by atoms with Crippen molar-refractivity contribution in [3.63, 3.8) is 0 Å². The number of benzene rings is 2. The number of hydrogen-bond acceptors (Lipinski definition) is 5. The maximum absolute atomic E-state index is 12.6. The molecule has 0 aliphatic carbocycles. The van der Waals surface area contributed by atoms with E-state index in [0.29, 0.717) is 24.5 Å². The monoisotopic (exact) mass is 364 g/mol. The summed E-state index contributed by atoms with van der Waals surface area (Å²) in [5.41, 5.74) is 2.34. The summed E-state index contributed by atoms with van der Waals surface area (Å²) in [6.45, 7) is 1.04. The fraction of sp³-hybridized carbons (Fsp3) is 0.238. The number of carbonyl (C=O) groups is 1. The molecule has 2 aromatic carbocycles. The van der Waals surface area contributed by atoms with E-state index in [-0.39, 0.29) is 11.8 Å². The van der Waals surface area contributed by atoms with Crippen LogP contribution in [-0.2, 0) is 6.42 Å². The molecule has 1 N–H and O–H groups in total. The van der Waals surface area contributed by atoms with E-state index >= 15 is 0 Å². The molecule has 1 aliphatic heterocycles. The highest BCUT2D eigenvalue weighted by Crippen LogP contribution is 2.35. The Morgan fingerprint density at radius 3 is 2.89 bits per heavy atom. The molecule has 3 aromatic rings. The van der Waals surface area contributed by atoms with Crippen molar-refractivity contribution in [1.82, 2.24) is 10.5 Å². The van der Waals surface area contributed by atoms with Crippen molar-refractivity contribution in [2.45, 2.75) is 6.42 Å². The van der Waals surface area contributed by atoms with Crippen LogP contribution in [-0.4, -0.2) is 31.3 Å². The number of amides is 1. The van der Waals surface area contributed by atoms with E-state index in [4.69, 9.17) is 14.0 Å². The highest BCUT2D eigenvalue weighted by atomic mass is 16.5. The maximum atomic E-state index is 12.6. The first-order chi connectivity index (χ1) is 13.3. The SMILES string of the molecule is COc1cccc2c1OCC(CNC(=O)c1cnoc1-c1ccccc1)C2. The Kier molecular flexibility index (Phi) is 4.78. The predicted octanol–water partition coefficient (Wildman–Crippen LogP) is 3.33. The number of methoxy groups -OCH3 is 1. The molecule has 1 amide bonds. The Bertz CT molecular complexity index is 936. The molecule has 0 bridgehead atoms. The first-order valence-electron chi connectivity index (χ1n) is 8.83. The molecule has 4 rings (SSSR count). The molecule has 0 saturated carbocycles. The Morgan fingerprint density at radius 1 is 1.22 bits per heavy atom. The molecule has 0 radical (unpaired) electrons. The van der Waals surface area contributed by atoms with Gasteiger partial charge in [0.15, 0.2) is 17.3 Å². The Balaban J connectivity index is 1.42. The van der Waals surface area contributed by atoms with Gasteiger partial charge in [-0.15, -0.1) is 0 Å². The summed E-state index contributed by atoms with van der Waals surface area (Å²) in [6, 6.07) is 15.3. The predicted molar refractivity (Wildman–Crippen MR) is 100.0 cm³/mol. The molecule has 0 saturated heterocycles. The van der Waals surface area contributed by atoms with E-state index in [1.54, 1.807) is 7.11 Å². The normalized spacial score (nSPS) is 15.5. The molecule has 1 unspecified atom stereocenters. The molecular weight excluding hydrogens is 344 g/mol. The number of para-hydroxylation sites is 1. The van der Waals surface area contributed by atoms with Crippen LogP contribution in [0.5, 0.6) is 11.5 Å². The minimum Gasteiger partial charge on any atom is -0.493 e. The van der Waals surface area contributed by atoms with Gasteiger partial charge in [-0.05, 0) is 18.1 Å². The van der Waals surface area contributed by atoms with Gasteiger partial charge in [-0.3, -0.25) is 4.79 Å². The van der Waals surface area contributed by atoms with Crippen molar-refractivity contribution in [2.24, 2.45) is 5.92 Å². The Morgan fingerprint density at radius 2 is 2.07 bits per heavy atom. The number of hydrogen-bond donors (Lipinski definition) is 1. The van der Waals surface area contributed by atoms with Gasteiger partial charge in [0, 0.05) is 18.0 Å². The smallest absolute Gasteiger partial charge is 0.256 e. The van der Waals surface area contributed by atoms with Gasteiger partial charge in [-0.25, -0.2) is 0 Å². The lowest BCUT2D eigenvalue weighted by Gasteiger charge is -2.26. The van der Waals surface area contributed by atoms with Crippen LogP contribution < -0.4 is 14.8 Å². The summed E-state index contributed by atoms with van der Waals surface area (Å²) in [6.07, 6.45) is 2.27. The number of ether oxygens (including phenoxy) is 2. The van der Waals surface area contributed by atoms with Crippen molar-refractivity contribution >= 4 is 5.91 Å². The first-order valence-corrected chi connectivity index (χ1v) is 8.83. The van der Waals surface area contributed by atoms with Crippen LogP contribution in [0.3, 0.4) is 0 Å². The molecule has 0 spiro atoms. The molecule has 6 nitrogen and oxygen atoms in total. The lowest BCUT2D eigenvalue weighted by Crippen LogP contribution is -2.34. The minimum absolute atomic E-state index is 0.189. The lowest BCUT2D eigenvalue weighted by atomic mass is 9.96. The Labute approximate surface area is 157 Å². The molecule has 138 valence electrons. The third kappa shape index (κ3) is 3.51. The zero-order chi connectivity index (χ0) is 18.6. The van der Waals surface area contributed by atoms with Crippen molar-refractivity contribution in [3.8, 4) is 22.8 Å². The van der Waals surface area contributed by atoms with Crippen LogP contribution in [0.4, 0.5) is 0 Å². The summed E-state index contributed by atoms with van der Waals surface area (Å²) in [5, 5.41) is 6.76. The largest absolute Gasteiger partial charge is 0.493 e. The highest BCUT2D eigenvalue weighted by Gasteiger charge is 2.24. The number of aromatic nitrogens is 1. The van der Waals surface area contributed by atoms with Gasteiger partial charge in [-0.1, -0.05) is 47.6 Å². The third-order valence-corrected chi connectivity index (χ3v) is 4.65. The summed E-state index contributed by atoms with van der Waals surface area (Å²) in [4.78, 5) is 12.6. The number of fused-ring (bicyclic) bond motifs is 1. The standard InChI is InChI=1S/C21H20N2O4/c1-25-18-9-5-8-16-10-14(13-26-20(16)18)11-22-21(24)17-12-23-27-19(17)15-6-3-2-4-7-15/h2-9,12,14H,10-11,13H2,1H3,(H,22,24). The summed E-state index contributed by atoms with van der Waals surface area (Å²) in [5.74, 6) is 2.00. The fourth-order valence-electron chi connectivity index (χ4n) is 3.28. The van der Waals surface area contributed by atoms with Gasteiger partial charge in [-0.2, -0.15) is 0 Å². The Hall–Kier alpha value is -3.28. The van der Waals surface area contributed by atoms with Crippen molar-refractivity contribution in [1.29, 1.82) is 0 Å². The minimum atomic E-state index is -0.202. The zero-order valence-electron chi connectivity index (χ0n) is 15.0. The topological polar surface area (TPSA) is 73.6 Å². The van der Waals surface area contributed by atoms with E-state index in [1.165, 1.54) is 6.20 Å². The summed E-state index contributed by atoms with van der Waals surface area (Å²) in [7, 11) is 1.63. The molecule has 6 heteroatoms. The number of nitrogens with one attached hydrogen (secondary N) is 1. The van der Waals surface area contributed by atoms with E-state index in [9.17, 15) is 4.79 Å². The molecule has 1 atom stereocenters. The first kappa shape index (κ1) is 17.1. The molecule has 2 heterocycles. The van der Waals surface area contributed by atoms with Crippen molar-refractivity contribution in [2.75, 3.05) is 20.3 Å². The maximum Gasteiger partial charge on any atom is 0.256 e. The van der Waals surface area contributed by atoms with Gasteiger partial charge in [0.1, 0.15) is 5.56 Å². The molecule has 1 aliphatic rings. The van der Waals surface area contributed by atoms with E-state index < -0.39 is 0 Å². The number of nitrogens with zero attached hydrogens (tertiary/aromatic N) is 1. The van der Waals surface area contributed by atoms with Gasteiger partial charge in [0.2, 0.25) is 0 Å². The van der Waals surface area contributed by atoms with Crippen LogP contribution in [0.25, 0.3) is 11.3 Å². The lowest BCUT2D eigenvalue weighted by molar-refractivity contribution is 0.0938. The van der Waals surface area contributed by atoms with E-state index in [1.807, 2.05) is 48.5 Å². The van der Waals surface area contributed by atoms with Gasteiger partial charge in [0.25, 0.3) is 5.91 Å². The van der Waals surface area contributed by atoms with Gasteiger partial charge < -0.3 is 19.3 Å². The van der Waals surface area contributed by atoms with Gasteiger partial charge >= 0.3 is 0 Å². The van der Waals surface area contributed by atoms with Gasteiger partial charge in [0.05, 0.1) is 19.9 Å². The highest BCUT2D eigenvalue weighted by molar-refractivity contribution is 5.99. The van der Waals surface area contributed by atoms with Crippen LogP contribution in [0, 0.1) is 5.92 Å². The second-order valence-corrected chi connectivity index (χ2v) is 6.47. The van der Waals surface area contributed by atoms with E-state index in [2.05, 4.69) is 10.5 Å². The summed E-state index contributed by atoms with van der Waals surface area (Å²) < 4.78 is 16.5. The molecular formula is C21H20N2O4. The molecule has 1 aromatic heterocycles. The fourth-order valence-corrected chi connectivity index (χ4v) is 3.28. The number of rotatable bonds is 5. The summed E-state index contributed by atoms with van der Waals surface area (Å²) >= 11 is 0. The molecule has 27 heavy (non-hydrogen) atoms. The van der Waals surface area contributed by atoms with Crippen molar-refractivity contribution < 1.29 is 18.8 Å². The second-order valence-electron chi connectivity index (χ2n) is 6.47. The quantitative estimate of drug-likeness (QED) is 0.752. The van der Waals surface area contributed by atoms with Crippen molar-refractivity contribution in [3.05, 3.63) is 65.9 Å². The van der Waals surface area contributed by atoms with Crippen LogP contribution in [0.1, 0.15) is 15.9 Å². The van der Waals surface area contributed by atoms with Crippen LogP contribution in [0.15, 0.2) is 59.3 Å². The van der Waals surface area contributed by atoms with Crippen LogP contribution in [0.2, 0.25) is 0 Å². The molecule has 0 fully saturated rings. The number of carbonyl (C=O) groups excluding carboxylic acids is 1. The van der Waals surface area contributed by atoms with E-state index in [0.717, 1.165) is 29.0 Å². The van der Waals surface area contributed by atoms with Crippen LogP contribution >= 0.6 is 0 Å². The second kappa shape index (κ2) is 7.53.